The molecule has 2 aromatic carbocycles. The molecule has 2 heterocycles. The van der Waals surface area contributed by atoms with Crippen LogP contribution in [0.1, 0.15) is 55.2 Å². The third-order valence-corrected chi connectivity index (χ3v) is 6.92. The SMILES string of the molecule is CCC(C)(O)c1cc(C2(C)CCN(CC(=O)c3ccccc3)C2)cc(-c2ccc(F)cc2)n1. The molecule has 0 radical (unpaired) electrons. The third-order valence-electron chi connectivity index (χ3n) is 6.92. The molecule has 0 saturated carbocycles. The average Bonchev–Trinajstić information content (AvgIpc) is 3.21. The number of aromatic nitrogens is 1. The van der Waals surface area contributed by atoms with E-state index < -0.39 is 5.60 Å². The van der Waals surface area contributed by atoms with Crippen LogP contribution in [0.5, 0.6) is 0 Å². The Morgan fingerprint density at radius 1 is 1.15 bits per heavy atom. The van der Waals surface area contributed by atoms with Crippen molar-refractivity contribution >= 4 is 5.78 Å². The molecule has 0 bridgehead atoms. The normalized spacial score (nSPS) is 20.5. The number of halogens is 1. The molecule has 1 saturated heterocycles. The van der Waals surface area contributed by atoms with Gasteiger partial charge in [0.25, 0.3) is 0 Å². The molecule has 2 unspecified atom stereocenters. The van der Waals surface area contributed by atoms with Gasteiger partial charge in [0, 0.05) is 23.1 Å². The molecule has 1 aliphatic rings. The Morgan fingerprint density at radius 2 is 1.85 bits per heavy atom. The largest absolute Gasteiger partial charge is 0.384 e. The highest BCUT2D eigenvalue weighted by molar-refractivity contribution is 5.97. The van der Waals surface area contributed by atoms with Crippen LogP contribution < -0.4 is 0 Å². The van der Waals surface area contributed by atoms with E-state index in [0.29, 0.717) is 18.7 Å². The van der Waals surface area contributed by atoms with Gasteiger partial charge >= 0.3 is 0 Å². The fraction of sp³-hybridized carbons (Fsp3) is 0.357. The molecule has 1 fully saturated rings. The van der Waals surface area contributed by atoms with Crippen molar-refractivity contribution < 1.29 is 14.3 Å². The minimum atomic E-state index is -1.07. The zero-order valence-corrected chi connectivity index (χ0v) is 19.5. The summed E-state index contributed by atoms with van der Waals surface area (Å²) in [6.45, 7) is 7.85. The van der Waals surface area contributed by atoms with E-state index >= 15 is 0 Å². The summed E-state index contributed by atoms with van der Waals surface area (Å²) in [6, 6.07) is 19.7. The number of aliphatic hydroxyl groups is 1. The molecular formula is C28H31FN2O2. The molecule has 1 aliphatic heterocycles. The predicted molar refractivity (Wildman–Crippen MR) is 129 cm³/mol. The maximum absolute atomic E-state index is 13.5. The van der Waals surface area contributed by atoms with Gasteiger partial charge in [0.2, 0.25) is 0 Å². The van der Waals surface area contributed by atoms with E-state index in [1.165, 1.54) is 12.1 Å². The lowest BCUT2D eigenvalue weighted by molar-refractivity contribution is 0.0485. The van der Waals surface area contributed by atoms with E-state index in [4.69, 9.17) is 4.98 Å². The van der Waals surface area contributed by atoms with Crippen molar-refractivity contribution in [1.82, 2.24) is 9.88 Å². The summed E-state index contributed by atoms with van der Waals surface area (Å²) in [5.41, 5.74) is 2.70. The second-order valence-corrected chi connectivity index (χ2v) is 9.57. The van der Waals surface area contributed by atoms with E-state index in [1.54, 1.807) is 19.1 Å². The van der Waals surface area contributed by atoms with Gasteiger partial charge in [0.1, 0.15) is 11.4 Å². The average molecular weight is 447 g/mol. The summed E-state index contributed by atoms with van der Waals surface area (Å²) in [6.07, 6.45) is 1.43. The number of carbonyl (C=O) groups excluding carboxylic acids is 1. The van der Waals surface area contributed by atoms with Crippen LogP contribution >= 0.6 is 0 Å². The number of nitrogens with zero attached hydrogens (tertiary/aromatic N) is 2. The molecule has 0 aliphatic carbocycles. The zero-order chi connectivity index (χ0) is 23.6. The topological polar surface area (TPSA) is 53.4 Å². The summed E-state index contributed by atoms with van der Waals surface area (Å²) in [4.78, 5) is 19.7. The number of Topliss-reactive ketones (excluding diaryl/α,β-unsaturated/α-hetero) is 1. The van der Waals surface area contributed by atoms with Crippen LogP contribution in [0.2, 0.25) is 0 Å². The van der Waals surface area contributed by atoms with E-state index in [9.17, 15) is 14.3 Å². The predicted octanol–water partition coefficient (Wildman–Crippen LogP) is 5.35. The van der Waals surface area contributed by atoms with E-state index in [2.05, 4.69) is 11.8 Å². The monoisotopic (exact) mass is 446 g/mol. The molecule has 0 spiro atoms. The smallest absolute Gasteiger partial charge is 0.176 e. The summed E-state index contributed by atoms with van der Waals surface area (Å²) in [5, 5.41) is 11.0. The minimum Gasteiger partial charge on any atom is -0.384 e. The molecule has 2 atom stereocenters. The fourth-order valence-corrected chi connectivity index (χ4v) is 4.45. The first-order valence-electron chi connectivity index (χ1n) is 11.5. The van der Waals surface area contributed by atoms with E-state index in [1.807, 2.05) is 49.4 Å². The van der Waals surface area contributed by atoms with Crippen LogP contribution in [-0.4, -0.2) is 40.4 Å². The van der Waals surface area contributed by atoms with Gasteiger partial charge in [0.15, 0.2) is 5.78 Å². The Kier molecular flexibility index (Phi) is 6.46. The molecule has 4 rings (SSSR count). The number of rotatable bonds is 7. The molecule has 4 nitrogen and oxygen atoms in total. The number of hydrogen-bond acceptors (Lipinski definition) is 4. The summed E-state index contributed by atoms with van der Waals surface area (Å²) < 4.78 is 13.5. The standard InChI is InChI=1S/C28H31FN2O2/c1-4-28(3,33)26-17-22(16-24(30-26)20-10-12-23(29)13-11-20)27(2)14-15-31(19-27)18-25(32)21-8-6-5-7-9-21/h5-13,16-17,33H,4,14-15,18-19H2,1-3H3. The Bertz CT molecular complexity index is 1130. The number of hydrogen-bond donors (Lipinski definition) is 1. The van der Waals surface area contributed by atoms with Crippen molar-refractivity contribution in [2.24, 2.45) is 0 Å². The second kappa shape index (κ2) is 9.16. The number of pyridine rings is 1. The van der Waals surface area contributed by atoms with Crippen LogP contribution in [0, 0.1) is 5.82 Å². The number of ketones is 1. The van der Waals surface area contributed by atoms with Crippen molar-refractivity contribution in [3.8, 4) is 11.3 Å². The Labute approximate surface area is 195 Å². The van der Waals surface area contributed by atoms with Gasteiger partial charge in [-0.2, -0.15) is 0 Å². The zero-order valence-electron chi connectivity index (χ0n) is 19.5. The fourth-order valence-electron chi connectivity index (χ4n) is 4.45. The number of carbonyl (C=O) groups is 1. The molecule has 1 N–H and O–H groups in total. The maximum Gasteiger partial charge on any atom is 0.176 e. The van der Waals surface area contributed by atoms with Gasteiger partial charge in [-0.05, 0) is 68.3 Å². The summed E-state index contributed by atoms with van der Waals surface area (Å²) in [7, 11) is 0. The molecule has 172 valence electrons. The molecule has 3 aromatic rings. The second-order valence-electron chi connectivity index (χ2n) is 9.57. The van der Waals surface area contributed by atoms with Gasteiger partial charge in [-0.15, -0.1) is 0 Å². The maximum atomic E-state index is 13.5. The van der Waals surface area contributed by atoms with Crippen LogP contribution in [0.25, 0.3) is 11.3 Å². The van der Waals surface area contributed by atoms with Gasteiger partial charge in [-0.1, -0.05) is 44.2 Å². The van der Waals surface area contributed by atoms with E-state index in [0.717, 1.165) is 41.9 Å². The molecular weight excluding hydrogens is 415 g/mol. The lowest BCUT2D eigenvalue weighted by Crippen LogP contribution is -2.32. The first-order chi connectivity index (χ1) is 15.7. The van der Waals surface area contributed by atoms with Crippen LogP contribution in [0.15, 0.2) is 66.7 Å². The first kappa shape index (κ1) is 23.3. The van der Waals surface area contributed by atoms with Gasteiger partial charge in [-0.25, -0.2) is 9.37 Å². The Hall–Kier alpha value is -2.89. The van der Waals surface area contributed by atoms with Gasteiger partial charge in [-0.3, -0.25) is 9.69 Å². The van der Waals surface area contributed by atoms with Gasteiger partial charge in [0.05, 0.1) is 17.9 Å². The lowest BCUT2D eigenvalue weighted by Gasteiger charge is -2.29. The Morgan fingerprint density at radius 3 is 2.52 bits per heavy atom. The summed E-state index contributed by atoms with van der Waals surface area (Å²) >= 11 is 0. The summed E-state index contributed by atoms with van der Waals surface area (Å²) in [5.74, 6) is -0.173. The van der Waals surface area contributed by atoms with Crippen LogP contribution in [-0.2, 0) is 11.0 Å². The highest BCUT2D eigenvalue weighted by atomic mass is 19.1. The molecule has 33 heavy (non-hydrogen) atoms. The van der Waals surface area contributed by atoms with Crippen LogP contribution in [0.4, 0.5) is 4.39 Å². The lowest BCUT2D eigenvalue weighted by atomic mass is 9.80. The highest BCUT2D eigenvalue weighted by Crippen LogP contribution is 2.38. The number of benzene rings is 2. The Balaban J connectivity index is 1.64. The van der Waals surface area contributed by atoms with Crippen molar-refractivity contribution in [2.45, 2.75) is 44.6 Å². The van der Waals surface area contributed by atoms with Crippen molar-refractivity contribution in [3.05, 3.63) is 89.4 Å². The molecule has 0 amide bonds. The highest BCUT2D eigenvalue weighted by Gasteiger charge is 2.37. The first-order valence-corrected chi connectivity index (χ1v) is 11.5. The van der Waals surface area contributed by atoms with Gasteiger partial charge < -0.3 is 5.11 Å². The number of likely N-dealkylation sites (tertiary alicyclic amines) is 1. The van der Waals surface area contributed by atoms with Crippen molar-refractivity contribution in [3.63, 3.8) is 0 Å². The quantitative estimate of drug-likeness (QED) is 0.497. The van der Waals surface area contributed by atoms with E-state index in [-0.39, 0.29) is 17.0 Å². The minimum absolute atomic E-state index is 0.121. The third kappa shape index (κ3) is 5.05. The molecule has 1 aromatic heterocycles. The van der Waals surface area contributed by atoms with Crippen molar-refractivity contribution in [2.75, 3.05) is 19.6 Å². The molecule has 5 heteroatoms. The van der Waals surface area contributed by atoms with Crippen molar-refractivity contribution in [1.29, 1.82) is 0 Å². The van der Waals surface area contributed by atoms with Crippen LogP contribution in [0.3, 0.4) is 0 Å².